The monoisotopic (exact) mass is 213 g/mol. The number of hydrogen-bond acceptors (Lipinski definition) is 2. The Bertz CT molecular complexity index is 202. The number of carbonyl (C=O) groups excluding carboxylic acids is 1. The molecule has 0 spiro atoms. The van der Waals surface area contributed by atoms with Crippen LogP contribution < -0.4 is 5.32 Å². The predicted molar refractivity (Wildman–Crippen MR) is 61.9 cm³/mol. The first kappa shape index (κ1) is 12.3. The van der Waals surface area contributed by atoms with Gasteiger partial charge in [0.25, 0.3) is 0 Å². The molecule has 1 fully saturated rings. The highest BCUT2D eigenvalue weighted by molar-refractivity contribution is 5.73. The number of piperidine rings is 1. The molecule has 1 unspecified atom stereocenters. The van der Waals surface area contributed by atoms with E-state index in [0.29, 0.717) is 5.92 Å². The molecule has 1 rings (SSSR count). The van der Waals surface area contributed by atoms with Crippen LogP contribution in [0.25, 0.3) is 0 Å². The Balaban J connectivity index is 2.33. The van der Waals surface area contributed by atoms with Gasteiger partial charge in [-0.1, -0.05) is 0 Å². The number of nitrogens with zero attached hydrogens (tertiary/aromatic N) is 2. The summed E-state index contributed by atoms with van der Waals surface area (Å²) in [7, 11) is 3.74. The first-order valence-corrected chi connectivity index (χ1v) is 5.82. The summed E-state index contributed by atoms with van der Waals surface area (Å²) in [5, 5.41) is 3.37. The lowest BCUT2D eigenvalue weighted by Crippen LogP contribution is -2.43. The van der Waals surface area contributed by atoms with Crippen molar-refractivity contribution in [3.05, 3.63) is 0 Å². The van der Waals surface area contributed by atoms with Crippen LogP contribution in [0, 0.1) is 5.92 Å². The predicted octanol–water partition coefficient (Wildman–Crippen LogP) is 0.989. The maximum atomic E-state index is 11.8. The summed E-state index contributed by atoms with van der Waals surface area (Å²) in [6.45, 7) is 5.81. The van der Waals surface area contributed by atoms with Crippen molar-refractivity contribution in [3.8, 4) is 0 Å². The molecule has 1 saturated heterocycles. The fourth-order valence-corrected chi connectivity index (χ4v) is 1.97. The third kappa shape index (κ3) is 3.70. The van der Waals surface area contributed by atoms with Crippen molar-refractivity contribution in [2.45, 2.75) is 19.8 Å². The Labute approximate surface area is 92.6 Å². The van der Waals surface area contributed by atoms with Crippen LogP contribution in [0.15, 0.2) is 0 Å². The SMILES string of the molecule is CCN(C)C(=O)N(C)CC1CCCNC1. The molecule has 1 atom stereocenters. The van der Waals surface area contributed by atoms with Gasteiger partial charge < -0.3 is 15.1 Å². The highest BCUT2D eigenvalue weighted by atomic mass is 16.2. The van der Waals surface area contributed by atoms with E-state index in [1.54, 1.807) is 4.90 Å². The van der Waals surface area contributed by atoms with E-state index >= 15 is 0 Å². The summed E-state index contributed by atoms with van der Waals surface area (Å²) in [5.41, 5.74) is 0. The zero-order chi connectivity index (χ0) is 11.3. The highest BCUT2D eigenvalue weighted by Gasteiger charge is 2.19. The van der Waals surface area contributed by atoms with E-state index in [0.717, 1.165) is 26.2 Å². The van der Waals surface area contributed by atoms with Crippen LogP contribution in [0.4, 0.5) is 4.79 Å². The van der Waals surface area contributed by atoms with Gasteiger partial charge in [0.15, 0.2) is 0 Å². The minimum Gasteiger partial charge on any atom is -0.328 e. The van der Waals surface area contributed by atoms with Crippen LogP contribution in [0.5, 0.6) is 0 Å². The lowest BCUT2D eigenvalue weighted by atomic mass is 9.99. The lowest BCUT2D eigenvalue weighted by Gasteiger charge is -2.30. The Kier molecular flexibility index (Phi) is 4.88. The molecule has 0 aromatic carbocycles. The maximum absolute atomic E-state index is 11.8. The van der Waals surface area contributed by atoms with Crippen molar-refractivity contribution in [2.75, 3.05) is 40.3 Å². The van der Waals surface area contributed by atoms with Gasteiger partial charge in [-0.2, -0.15) is 0 Å². The summed E-state index contributed by atoms with van der Waals surface area (Å²) in [5.74, 6) is 0.623. The molecule has 1 aliphatic heterocycles. The van der Waals surface area contributed by atoms with Gasteiger partial charge in [0, 0.05) is 27.2 Å². The van der Waals surface area contributed by atoms with E-state index in [2.05, 4.69) is 5.32 Å². The molecule has 88 valence electrons. The second kappa shape index (κ2) is 5.95. The van der Waals surface area contributed by atoms with Crippen LogP contribution in [0.3, 0.4) is 0 Å². The van der Waals surface area contributed by atoms with Gasteiger partial charge in [0.2, 0.25) is 0 Å². The van der Waals surface area contributed by atoms with E-state index in [1.807, 2.05) is 25.9 Å². The zero-order valence-corrected chi connectivity index (χ0v) is 10.1. The molecule has 0 aromatic heterocycles. The Morgan fingerprint density at radius 1 is 1.40 bits per heavy atom. The fraction of sp³-hybridized carbons (Fsp3) is 0.909. The fourth-order valence-electron chi connectivity index (χ4n) is 1.97. The van der Waals surface area contributed by atoms with E-state index < -0.39 is 0 Å². The van der Waals surface area contributed by atoms with E-state index in [1.165, 1.54) is 12.8 Å². The first-order chi connectivity index (χ1) is 7.15. The highest BCUT2D eigenvalue weighted by Crippen LogP contribution is 2.11. The van der Waals surface area contributed by atoms with E-state index in [9.17, 15) is 4.79 Å². The minimum atomic E-state index is 0.128. The van der Waals surface area contributed by atoms with Crippen molar-refractivity contribution in [3.63, 3.8) is 0 Å². The zero-order valence-electron chi connectivity index (χ0n) is 10.1. The van der Waals surface area contributed by atoms with Crippen LogP contribution in [-0.4, -0.2) is 56.1 Å². The van der Waals surface area contributed by atoms with Gasteiger partial charge in [-0.25, -0.2) is 4.79 Å². The molecule has 15 heavy (non-hydrogen) atoms. The van der Waals surface area contributed by atoms with Crippen LogP contribution in [0.1, 0.15) is 19.8 Å². The Morgan fingerprint density at radius 3 is 2.67 bits per heavy atom. The van der Waals surface area contributed by atoms with Gasteiger partial charge in [-0.15, -0.1) is 0 Å². The standard InChI is InChI=1S/C11H23N3O/c1-4-13(2)11(15)14(3)9-10-6-5-7-12-8-10/h10,12H,4-9H2,1-3H3. The summed E-state index contributed by atoms with van der Waals surface area (Å²) in [6.07, 6.45) is 2.47. The van der Waals surface area contributed by atoms with Crippen molar-refractivity contribution in [1.82, 2.24) is 15.1 Å². The largest absolute Gasteiger partial charge is 0.328 e. The number of urea groups is 1. The van der Waals surface area contributed by atoms with E-state index in [4.69, 9.17) is 0 Å². The van der Waals surface area contributed by atoms with Crippen LogP contribution in [-0.2, 0) is 0 Å². The minimum absolute atomic E-state index is 0.128. The average molecular weight is 213 g/mol. The third-order valence-corrected chi connectivity index (χ3v) is 3.06. The molecule has 0 bridgehead atoms. The maximum Gasteiger partial charge on any atom is 0.319 e. The van der Waals surface area contributed by atoms with Crippen molar-refractivity contribution in [2.24, 2.45) is 5.92 Å². The molecule has 0 aliphatic carbocycles. The van der Waals surface area contributed by atoms with Crippen molar-refractivity contribution in [1.29, 1.82) is 0 Å². The van der Waals surface area contributed by atoms with Crippen LogP contribution >= 0.6 is 0 Å². The summed E-state index contributed by atoms with van der Waals surface area (Å²) in [6, 6.07) is 0.128. The average Bonchev–Trinajstić information content (AvgIpc) is 2.28. The molecular weight excluding hydrogens is 190 g/mol. The summed E-state index contributed by atoms with van der Waals surface area (Å²) < 4.78 is 0. The van der Waals surface area contributed by atoms with Gasteiger partial charge in [0.05, 0.1) is 0 Å². The molecule has 2 amide bonds. The molecule has 1 heterocycles. The van der Waals surface area contributed by atoms with Crippen molar-refractivity contribution >= 4 is 6.03 Å². The second-order valence-corrected chi connectivity index (χ2v) is 4.39. The Morgan fingerprint density at radius 2 is 2.13 bits per heavy atom. The number of carbonyl (C=O) groups is 1. The smallest absolute Gasteiger partial charge is 0.319 e. The molecule has 4 heteroatoms. The number of amides is 2. The lowest BCUT2D eigenvalue weighted by molar-refractivity contribution is 0.164. The van der Waals surface area contributed by atoms with Gasteiger partial charge >= 0.3 is 6.03 Å². The second-order valence-electron chi connectivity index (χ2n) is 4.39. The van der Waals surface area contributed by atoms with Gasteiger partial charge in [-0.3, -0.25) is 0 Å². The molecule has 1 aliphatic rings. The molecule has 0 radical (unpaired) electrons. The topological polar surface area (TPSA) is 35.6 Å². The quantitative estimate of drug-likeness (QED) is 0.759. The summed E-state index contributed by atoms with van der Waals surface area (Å²) in [4.78, 5) is 15.4. The molecule has 4 nitrogen and oxygen atoms in total. The van der Waals surface area contributed by atoms with Crippen LogP contribution in [0.2, 0.25) is 0 Å². The first-order valence-electron chi connectivity index (χ1n) is 5.82. The molecular formula is C11H23N3O. The number of hydrogen-bond donors (Lipinski definition) is 1. The van der Waals surface area contributed by atoms with Gasteiger partial charge in [0.1, 0.15) is 0 Å². The normalized spacial score (nSPS) is 21.1. The number of rotatable bonds is 3. The molecule has 0 saturated carbocycles. The van der Waals surface area contributed by atoms with Crippen molar-refractivity contribution < 1.29 is 4.79 Å². The van der Waals surface area contributed by atoms with Gasteiger partial charge in [-0.05, 0) is 38.8 Å². The number of nitrogens with one attached hydrogen (secondary N) is 1. The third-order valence-electron chi connectivity index (χ3n) is 3.06. The Hall–Kier alpha value is -0.770. The summed E-state index contributed by atoms with van der Waals surface area (Å²) >= 11 is 0. The molecule has 0 aromatic rings. The van der Waals surface area contributed by atoms with E-state index in [-0.39, 0.29) is 6.03 Å². The molecule has 1 N–H and O–H groups in total.